The van der Waals surface area contributed by atoms with Crippen molar-refractivity contribution in [2.45, 2.75) is 19.3 Å². The van der Waals surface area contributed by atoms with Gasteiger partial charge < -0.3 is 4.90 Å². The lowest BCUT2D eigenvalue weighted by molar-refractivity contribution is 0.0671. The number of alkyl halides is 1. The number of hydrogen-bond acceptors (Lipinski definition) is 1. The maximum atomic E-state index is 12.5. The number of nitrogens with zero attached hydrogens (tertiary/aromatic N) is 1. The van der Waals surface area contributed by atoms with E-state index in [0.29, 0.717) is 22.4 Å². The molecular weight excluding hydrogens is 349 g/mol. The largest absolute Gasteiger partial charge is 0.338 e. The molecule has 0 radical (unpaired) electrons. The summed E-state index contributed by atoms with van der Waals surface area (Å²) in [7, 11) is 0. The topological polar surface area (TPSA) is 20.3 Å². The average Bonchev–Trinajstić information content (AvgIpc) is 2.41. The van der Waals surface area contributed by atoms with Crippen LogP contribution < -0.4 is 0 Å². The van der Waals surface area contributed by atoms with Gasteiger partial charge in [-0.25, -0.2) is 0 Å². The van der Waals surface area contributed by atoms with Gasteiger partial charge in [-0.3, -0.25) is 4.79 Å². The summed E-state index contributed by atoms with van der Waals surface area (Å²) >= 11 is 15.3. The van der Waals surface area contributed by atoms with Crippen LogP contribution in [0, 0.1) is 5.92 Å². The first-order valence-electron chi connectivity index (χ1n) is 6.42. The number of benzene rings is 1. The number of piperidine rings is 1. The van der Waals surface area contributed by atoms with Crippen LogP contribution in [0.15, 0.2) is 22.7 Å². The fourth-order valence-corrected chi connectivity index (χ4v) is 3.34. The third-order valence-electron chi connectivity index (χ3n) is 3.48. The lowest BCUT2D eigenvalue weighted by Crippen LogP contribution is -2.40. The van der Waals surface area contributed by atoms with Gasteiger partial charge in [0.2, 0.25) is 0 Å². The highest BCUT2D eigenvalue weighted by Crippen LogP contribution is 2.26. The molecule has 1 amide bonds. The van der Waals surface area contributed by atoms with Crippen molar-refractivity contribution < 1.29 is 4.79 Å². The van der Waals surface area contributed by atoms with Crippen molar-refractivity contribution >= 4 is 45.0 Å². The van der Waals surface area contributed by atoms with Crippen molar-refractivity contribution in [3.63, 3.8) is 0 Å². The number of carbonyl (C=O) groups is 1. The Balaban J connectivity index is 2.12. The number of likely N-dealkylation sites (tertiary alicyclic amines) is 1. The highest BCUT2D eigenvalue weighted by molar-refractivity contribution is 9.10. The molecule has 1 aliphatic heterocycles. The molecule has 1 heterocycles. The van der Waals surface area contributed by atoms with E-state index in [9.17, 15) is 4.79 Å². The first-order chi connectivity index (χ1) is 9.11. The van der Waals surface area contributed by atoms with Gasteiger partial charge >= 0.3 is 0 Å². The van der Waals surface area contributed by atoms with E-state index in [2.05, 4.69) is 15.9 Å². The van der Waals surface area contributed by atoms with E-state index in [4.69, 9.17) is 23.2 Å². The molecule has 1 aromatic rings. The number of rotatable bonds is 3. The fourth-order valence-electron chi connectivity index (χ4n) is 2.47. The van der Waals surface area contributed by atoms with Crippen molar-refractivity contribution in [3.05, 3.63) is 33.3 Å². The summed E-state index contributed by atoms with van der Waals surface area (Å²) in [5, 5.41) is 0.507. The van der Waals surface area contributed by atoms with Crippen LogP contribution in [-0.2, 0) is 0 Å². The Labute approximate surface area is 132 Å². The Morgan fingerprint density at radius 1 is 1.47 bits per heavy atom. The predicted molar refractivity (Wildman–Crippen MR) is 83.1 cm³/mol. The second kappa shape index (κ2) is 6.96. The molecule has 104 valence electrons. The van der Waals surface area contributed by atoms with Gasteiger partial charge in [0.15, 0.2) is 0 Å². The molecule has 5 heteroatoms. The van der Waals surface area contributed by atoms with Gasteiger partial charge in [0.25, 0.3) is 5.91 Å². The van der Waals surface area contributed by atoms with Crippen molar-refractivity contribution in [1.82, 2.24) is 4.90 Å². The summed E-state index contributed by atoms with van der Waals surface area (Å²) in [5.41, 5.74) is 0.572. The van der Waals surface area contributed by atoms with Crippen molar-refractivity contribution in [1.29, 1.82) is 0 Å². The Hall–Kier alpha value is -0.250. The third kappa shape index (κ3) is 3.87. The Kier molecular flexibility index (Phi) is 5.55. The van der Waals surface area contributed by atoms with E-state index in [1.165, 1.54) is 0 Å². The van der Waals surface area contributed by atoms with Crippen LogP contribution in [0.2, 0.25) is 5.02 Å². The molecular formula is C14H16BrCl2NO. The van der Waals surface area contributed by atoms with Crippen LogP contribution in [0.25, 0.3) is 0 Å². The third-order valence-corrected chi connectivity index (χ3v) is 4.52. The molecule has 2 nitrogen and oxygen atoms in total. The van der Waals surface area contributed by atoms with Crippen LogP contribution in [0.3, 0.4) is 0 Å². The number of amides is 1. The average molecular weight is 365 g/mol. The minimum atomic E-state index is 0.0190. The van der Waals surface area contributed by atoms with E-state index in [0.717, 1.165) is 36.8 Å². The van der Waals surface area contributed by atoms with Gasteiger partial charge in [0.1, 0.15) is 0 Å². The van der Waals surface area contributed by atoms with E-state index in [-0.39, 0.29) is 5.91 Å². The maximum absolute atomic E-state index is 12.5. The summed E-state index contributed by atoms with van der Waals surface area (Å²) in [6.45, 7) is 1.59. The smallest absolute Gasteiger partial charge is 0.255 e. The second-order valence-corrected chi connectivity index (χ2v) is 6.56. The molecule has 1 aromatic carbocycles. The second-order valence-electron chi connectivity index (χ2n) is 4.86. The van der Waals surface area contributed by atoms with Crippen molar-refractivity contribution in [3.8, 4) is 0 Å². The summed E-state index contributed by atoms with van der Waals surface area (Å²) in [5.74, 6) is 1.19. The maximum Gasteiger partial charge on any atom is 0.255 e. The number of carbonyl (C=O) groups excluding carboxylic acids is 1. The fraction of sp³-hybridized carbons (Fsp3) is 0.500. The minimum absolute atomic E-state index is 0.0190. The molecule has 0 aliphatic carbocycles. The predicted octanol–water partition coefficient (Wildman–Crippen LogP) is 4.58. The molecule has 1 atom stereocenters. The van der Waals surface area contributed by atoms with E-state index < -0.39 is 0 Å². The lowest BCUT2D eigenvalue weighted by Gasteiger charge is -2.32. The zero-order valence-electron chi connectivity index (χ0n) is 10.5. The van der Waals surface area contributed by atoms with Crippen molar-refractivity contribution in [2.75, 3.05) is 19.0 Å². The van der Waals surface area contributed by atoms with Crippen LogP contribution in [0.1, 0.15) is 29.6 Å². The molecule has 1 unspecified atom stereocenters. The molecule has 0 spiro atoms. The Morgan fingerprint density at radius 2 is 2.26 bits per heavy atom. The molecule has 19 heavy (non-hydrogen) atoms. The highest BCUT2D eigenvalue weighted by Gasteiger charge is 2.25. The normalized spacial score (nSPS) is 19.5. The zero-order chi connectivity index (χ0) is 13.8. The molecule has 0 saturated carbocycles. The first-order valence-corrected chi connectivity index (χ1v) is 8.12. The van der Waals surface area contributed by atoms with E-state index in [1.54, 1.807) is 12.1 Å². The number of halogens is 3. The summed E-state index contributed by atoms with van der Waals surface area (Å²) < 4.78 is 0.870. The van der Waals surface area contributed by atoms with Crippen LogP contribution in [0.4, 0.5) is 0 Å². The quantitative estimate of drug-likeness (QED) is 0.718. The lowest BCUT2D eigenvalue weighted by atomic mass is 9.95. The summed E-state index contributed by atoms with van der Waals surface area (Å²) in [4.78, 5) is 14.4. The molecule has 0 bridgehead atoms. The van der Waals surface area contributed by atoms with Gasteiger partial charge in [0, 0.05) is 23.4 Å². The highest BCUT2D eigenvalue weighted by atomic mass is 79.9. The molecule has 0 N–H and O–H groups in total. The zero-order valence-corrected chi connectivity index (χ0v) is 13.6. The number of hydrogen-bond donors (Lipinski definition) is 0. The van der Waals surface area contributed by atoms with Crippen LogP contribution >= 0.6 is 39.1 Å². The monoisotopic (exact) mass is 363 g/mol. The van der Waals surface area contributed by atoms with Gasteiger partial charge in [0.05, 0.1) is 10.6 Å². The Bertz CT molecular complexity index is 465. The molecule has 1 fully saturated rings. The van der Waals surface area contributed by atoms with Crippen LogP contribution in [0.5, 0.6) is 0 Å². The molecule has 2 rings (SSSR count). The van der Waals surface area contributed by atoms with E-state index in [1.807, 2.05) is 11.0 Å². The van der Waals surface area contributed by atoms with Crippen LogP contribution in [-0.4, -0.2) is 29.8 Å². The van der Waals surface area contributed by atoms with Crippen molar-refractivity contribution in [2.24, 2.45) is 5.92 Å². The summed E-state index contributed by atoms with van der Waals surface area (Å²) in [6, 6.07) is 5.38. The standard InChI is InChI=1S/C14H16BrCl2NO/c15-11-3-4-13(17)12(8-11)14(19)18-7-1-2-10(9-18)5-6-16/h3-4,8,10H,1-2,5-7,9H2. The first kappa shape index (κ1) is 15.1. The van der Waals surface area contributed by atoms with Gasteiger partial charge in [-0.05, 0) is 43.4 Å². The summed E-state index contributed by atoms with van der Waals surface area (Å²) in [6.07, 6.45) is 3.17. The molecule has 1 saturated heterocycles. The van der Waals surface area contributed by atoms with Gasteiger partial charge in [-0.2, -0.15) is 0 Å². The van der Waals surface area contributed by atoms with Gasteiger partial charge in [-0.15, -0.1) is 11.6 Å². The SMILES string of the molecule is O=C(c1cc(Br)ccc1Cl)N1CCCC(CCCl)C1. The minimum Gasteiger partial charge on any atom is -0.338 e. The Morgan fingerprint density at radius 3 is 3.00 bits per heavy atom. The van der Waals surface area contributed by atoms with Gasteiger partial charge in [-0.1, -0.05) is 27.5 Å². The molecule has 0 aromatic heterocycles. The van der Waals surface area contributed by atoms with E-state index >= 15 is 0 Å². The molecule has 1 aliphatic rings.